The predicted molar refractivity (Wildman–Crippen MR) is 82.9 cm³/mol. The fourth-order valence-corrected chi connectivity index (χ4v) is 2.23. The van der Waals surface area contributed by atoms with E-state index in [0.29, 0.717) is 28.1 Å². The van der Waals surface area contributed by atoms with Crippen molar-refractivity contribution in [2.24, 2.45) is 0 Å². The van der Waals surface area contributed by atoms with Gasteiger partial charge in [-0.25, -0.2) is 0 Å². The lowest BCUT2D eigenvalue weighted by Crippen LogP contribution is -2.44. The number of amides is 2. The number of hydrogen-bond acceptors (Lipinski definition) is 4. The van der Waals surface area contributed by atoms with Crippen LogP contribution in [0.3, 0.4) is 0 Å². The summed E-state index contributed by atoms with van der Waals surface area (Å²) in [5.74, 6) is 0.343. The van der Waals surface area contributed by atoms with Gasteiger partial charge in [-0.05, 0) is 41.9 Å². The third kappa shape index (κ3) is 4.35. The Hall–Kier alpha value is -1.76. The van der Waals surface area contributed by atoms with Crippen molar-refractivity contribution in [3.8, 4) is 11.5 Å². The third-order valence-corrected chi connectivity index (χ3v) is 3.58. The second kappa shape index (κ2) is 7.87. The first kappa shape index (κ1) is 17.3. The molecule has 21 heavy (non-hydrogen) atoms. The summed E-state index contributed by atoms with van der Waals surface area (Å²) < 4.78 is 11.0. The SMILES string of the molecule is CCNC(=O)[C@@H](C)NC(=O)c1cc(OC)c(Br)c(OC)c1. The van der Waals surface area contributed by atoms with Crippen LogP contribution in [-0.2, 0) is 4.79 Å². The number of carbonyl (C=O) groups excluding carboxylic acids is 2. The summed E-state index contributed by atoms with van der Waals surface area (Å²) >= 11 is 3.33. The van der Waals surface area contributed by atoms with E-state index in [0.717, 1.165) is 0 Å². The van der Waals surface area contributed by atoms with E-state index < -0.39 is 6.04 Å². The van der Waals surface area contributed by atoms with E-state index in [1.165, 1.54) is 14.2 Å². The molecule has 0 aliphatic carbocycles. The topological polar surface area (TPSA) is 76.7 Å². The molecule has 0 unspecified atom stereocenters. The van der Waals surface area contributed by atoms with Crippen LogP contribution in [0.15, 0.2) is 16.6 Å². The lowest BCUT2D eigenvalue weighted by Gasteiger charge is -2.15. The second-order valence-electron chi connectivity index (χ2n) is 4.28. The van der Waals surface area contributed by atoms with Gasteiger partial charge >= 0.3 is 0 Å². The van der Waals surface area contributed by atoms with Crippen LogP contribution in [0.25, 0.3) is 0 Å². The molecule has 0 heterocycles. The Kier molecular flexibility index (Phi) is 6.48. The minimum absolute atomic E-state index is 0.234. The molecule has 1 atom stereocenters. The molecular formula is C14H19BrN2O4. The molecule has 0 fully saturated rings. The number of carbonyl (C=O) groups is 2. The number of methoxy groups -OCH3 is 2. The normalized spacial score (nSPS) is 11.5. The van der Waals surface area contributed by atoms with E-state index in [4.69, 9.17) is 9.47 Å². The molecule has 1 aromatic rings. The Morgan fingerprint density at radius 1 is 1.24 bits per heavy atom. The molecule has 0 aliphatic heterocycles. The Bertz CT molecular complexity index is 509. The van der Waals surface area contributed by atoms with Crippen LogP contribution >= 0.6 is 15.9 Å². The largest absolute Gasteiger partial charge is 0.495 e. The number of nitrogens with one attached hydrogen (secondary N) is 2. The van der Waals surface area contributed by atoms with Gasteiger partial charge in [0.15, 0.2) is 0 Å². The first-order valence-electron chi connectivity index (χ1n) is 6.44. The molecule has 1 rings (SSSR count). The standard InChI is InChI=1S/C14H19BrN2O4/c1-5-16-13(18)8(2)17-14(19)9-6-10(20-3)12(15)11(7-9)21-4/h6-8H,5H2,1-4H3,(H,16,18)(H,17,19)/t8-/m1/s1. The minimum Gasteiger partial charge on any atom is -0.495 e. The number of rotatable bonds is 6. The summed E-state index contributed by atoms with van der Waals surface area (Å²) in [5.41, 5.74) is 0.350. The molecule has 0 radical (unpaired) electrons. The van der Waals surface area contributed by atoms with Crippen molar-refractivity contribution in [3.63, 3.8) is 0 Å². The van der Waals surface area contributed by atoms with Crippen LogP contribution in [0.2, 0.25) is 0 Å². The maximum atomic E-state index is 12.2. The van der Waals surface area contributed by atoms with Gasteiger partial charge in [0.25, 0.3) is 5.91 Å². The summed E-state index contributed by atoms with van der Waals surface area (Å²) in [6, 6.07) is 2.52. The van der Waals surface area contributed by atoms with Crippen LogP contribution in [0.5, 0.6) is 11.5 Å². The zero-order valence-electron chi connectivity index (χ0n) is 12.5. The number of likely N-dealkylation sites (N-methyl/N-ethyl adjacent to an activating group) is 1. The maximum absolute atomic E-state index is 12.2. The van der Waals surface area contributed by atoms with Crippen molar-refractivity contribution in [1.82, 2.24) is 10.6 Å². The zero-order valence-corrected chi connectivity index (χ0v) is 14.0. The van der Waals surface area contributed by atoms with E-state index >= 15 is 0 Å². The van der Waals surface area contributed by atoms with Gasteiger partial charge in [-0.3, -0.25) is 9.59 Å². The van der Waals surface area contributed by atoms with Gasteiger partial charge in [-0.2, -0.15) is 0 Å². The van der Waals surface area contributed by atoms with Gasteiger partial charge in [0.1, 0.15) is 22.0 Å². The van der Waals surface area contributed by atoms with Crippen LogP contribution in [0.4, 0.5) is 0 Å². The van der Waals surface area contributed by atoms with E-state index in [1.807, 2.05) is 6.92 Å². The van der Waals surface area contributed by atoms with E-state index in [-0.39, 0.29) is 11.8 Å². The number of hydrogen-bond donors (Lipinski definition) is 2. The highest BCUT2D eigenvalue weighted by Gasteiger charge is 2.18. The summed E-state index contributed by atoms with van der Waals surface area (Å²) in [6.45, 7) is 3.95. The van der Waals surface area contributed by atoms with E-state index in [1.54, 1.807) is 19.1 Å². The predicted octanol–water partition coefficient (Wildman–Crippen LogP) is 1.72. The van der Waals surface area contributed by atoms with Crippen molar-refractivity contribution in [2.45, 2.75) is 19.9 Å². The molecule has 0 saturated carbocycles. The molecule has 0 aliphatic rings. The summed E-state index contributed by atoms with van der Waals surface area (Å²) in [4.78, 5) is 23.8. The Morgan fingerprint density at radius 2 is 1.76 bits per heavy atom. The summed E-state index contributed by atoms with van der Waals surface area (Å²) in [6.07, 6.45) is 0. The number of ether oxygens (including phenoxy) is 2. The van der Waals surface area contributed by atoms with Crippen molar-refractivity contribution in [3.05, 3.63) is 22.2 Å². The third-order valence-electron chi connectivity index (χ3n) is 2.80. The van der Waals surface area contributed by atoms with Crippen molar-refractivity contribution >= 4 is 27.7 Å². The second-order valence-corrected chi connectivity index (χ2v) is 5.08. The lowest BCUT2D eigenvalue weighted by molar-refractivity contribution is -0.122. The molecule has 0 saturated heterocycles. The van der Waals surface area contributed by atoms with Crippen molar-refractivity contribution < 1.29 is 19.1 Å². The monoisotopic (exact) mass is 358 g/mol. The van der Waals surface area contributed by atoms with Crippen LogP contribution in [0.1, 0.15) is 24.2 Å². The smallest absolute Gasteiger partial charge is 0.252 e. The molecule has 0 aromatic heterocycles. The summed E-state index contributed by atoms with van der Waals surface area (Å²) in [7, 11) is 3.00. The van der Waals surface area contributed by atoms with Crippen LogP contribution < -0.4 is 20.1 Å². The molecular weight excluding hydrogens is 340 g/mol. The van der Waals surface area contributed by atoms with Gasteiger partial charge in [0.05, 0.1) is 14.2 Å². The van der Waals surface area contributed by atoms with Gasteiger partial charge in [0.2, 0.25) is 5.91 Å². The molecule has 0 bridgehead atoms. The average molecular weight is 359 g/mol. The maximum Gasteiger partial charge on any atom is 0.252 e. The number of halogens is 1. The van der Waals surface area contributed by atoms with Gasteiger partial charge in [-0.15, -0.1) is 0 Å². The molecule has 6 nitrogen and oxygen atoms in total. The fourth-order valence-electron chi connectivity index (χ4n) is 1.67. The van der Waals surface area contributed by atoms with Gasteiger partial charge in [-0.1, -0.05) is 0 Å². The minimum atomic E-state index is -0.627. The quantitative estimate of drug-likeness (QED) is 0.811. The molecule has 2 amide bonds. The highest BCUT2D eigenvalue weighted by atomic mass is 79.9. The molecule has 116 valence electrons. The van der Waals surface area contributed by atoms with Gasteiger partial charge in [0, 0.05) is 12.1 Å². The highest BCUT2D eigenvalue weighted by molar-refractivity contribution is 9.10. The Labute approximate surface area is 132 Å². The zero-order chi connectivity index (χ0) is 16.0. The molecule has 2 N–H and O–H groups in total. The highest BCUT2D eigenvalue weighted by Crippen LogP contribution is 2.35. The lowest BCUT2D eigenvalue weighted by atomic mass is 10.1. The average Bonchev–Trinajstić information content (AvgIpc) is 2.47. The molecule has 0 spiro atoms. The van der Waals surface area contributed by atoms with Gasteiger partial charge < -0.3 is 20.1 Å². The number of benzene rings is 1. The van der Waals surface area contributed by atoms with Crippen molar-refractivity contribution in [1.29, 1.82) is 0 Å². The van der Waals surface area contributed by atoms with E-state index in [9.17, 15) is 9.59 Å². The fraction of sp³-hybridized carbons (Fsp3) is 0.429. The van der Waals surface area contributed by atoms with Crippen LogP contribution in [0, 0.1) is 0 Å². The molecule has 7 heteroatoms. The van der Waals surface area contributed by atoms with E-state index in [2.05, 4.69) is 26.6 Å². The molecule has 1 aromatic carbocycles. The first-order chi connectivity index (χ1) is 9.94. The first-order valence-corrected chi connectivity index (χ1v) is 7.24. The Morgan fingerprint density at radius 3 is 2.19 bits per heavy atom. The summed E-state index contributed by atoms with van der Waals surface area (Å²) in [5, 5.41) is 5.27. The Balaban J connectivity index is 2.95. The van der Waals surface area contributed by atoms with Crippen molar-refractivity contribution in [2.75, 3.05) is 20.8 Å². The van der Waals surface area contributed by atoms with Crippen LogP contribution in [-0.4, -0.2) is 38.6 Å².